The first-order valence-electron chi connectivity index (χ1n) is 5.99. The predicted molar refractivity (Wildman–Crippen MR) is 69.9 cm³/mol. The highest BCUT2D eigenvalue weighted by Gasteiger charge is 2.27. The highest BCUT2D eigenvalue weighted by molar-refractivity contribution is 6.05. The van der Waals surface area contributed by atoms with E-state index in [-0.39, 0.29) is 5.69 Å². The second-order valence-electron chi connectivity index (χ2n) is 4.30. The number of aliphatic carboxylic acids is 1. The van der Waals surface area contributed by atoms with Crippen LogP contribution in [0.5, 0.6) is 0 Å². The van der Waals surface area contributed by atoms with Gasteiger partial charge in [0.2, 0.25) is 0 Å². The Bertz CT molecular complexity index is 620. The van der Waals surface area contributed by atoms with Crippen molar-refractivity contribution in [3.8, 4) is 0 Å². The third kappa shape index (κ3) is 2.29. The van der Waals surface area contributed by atoms with E-state index in [0.717, 1.165) is 5.52 Å². The number of amides is 1. The number of rotatable bonds is 4. The first-order valence-corrected chi connectivity index (χ1v) is 5.99. The number of carboxylic acid groups (broad SMARTS) is 1. The quantitative estimate of drug-likeness (QED) is 0.873. The van der Waals surface area contributed by atoms with Crippen molar-refractivity contribution in [3.63, 3.8) is 0 Å². The summed E-state index contributed by atoms with van der Waals surface area (Å²) < 4.78 is 0. The predicted octanol–water partition coefficient (Wildman–Crippen LogP) is 1.50. The molecular weight excluding hydrogens is 246 g/mol. The molecule has 0 fully saturated rings. The molecule has 0 saturated carbocycles. The number of nitrogens with one attached hydrogen (secondary N) is 1. The van der Waals surface area contributed by atoms with E-state index in [0.29, 0.717) is 11.8 Å². The van der Waals surface area contributed by atoms with Gasteiger partial charge < -0.3 is 10.0 Å². The molecule has 2 rings (SSSR count). The van der Waals surface area contributed by atoms with Gasteiger partial charge in [-0.25, -0.2) is 4.79 Å². The summed E-state index contributed by atoms with van der Waals surface area (Å²) in [5.74, 6) is -1.41. The van der Waals surface area contributed by atoms with Crippen molar-refractivity contribution in [1.82, 2.24) is 15.1 Å². The van der Waals surface area contributed by atoms with Crippen LogP contribution in [0.2, 0.25) is 0 Å². The fourth-order valence-electron chi connectivity index (χ4n) is 2.05. The lowest BCUT2D eigenvalue weighted by Gasteiger charge is -2.22. The number of aromatic amines is 1. The van der Waals surface area contributed by atoms with Crippen LogP contribution >= 0.6 is 0 Å². The molecule has 1 aromatic heterocycles. The number of carboxylic acids is 1. The Labute approximate surface area is 110 Å². The number of H-pyrrole nitrogens is 1. The van der Waals surface area contributed by atoms with Crippen molar-refractivity contribution < 1.29 is 14.7 Å². The summed E-state index contributed by atoms with van der Waals surface area (Å²) in [6.07, 6.45) is 0.347. The molecule has 0 bridgehead atoms. The lowest BCUT2D eigenvalue weighted by Crippen LogP contribution is -2.42. The smallest absolute Gasteiger partial charge is 0.326 e. The highest BCUT2D eigenvalue weighted by atomic mass is 16.4. The molecule has 0 saturated heterocycles. The lowest BCUT2D eigenvalue weighted by atomic mass is 10.1. The molecule has 2 N–H and O–H groups in total. The zero-order valence-corrected chi connectivity index (χ0v) is 10.8. The average molecular weight is 261 g/mol. The Balaban J connectivity index is 2.36. The zero-order valence-electron chi connectivity index (χ0n) is 10.8. The molecule has 1 atom stereocenters. The molecule has 100 valence electrons. The van der Waals surface area contributed by atoms with Gasteiger partial charge in [-0.15, -0.1) is 0 Å². The van der Waals surface area contributed by atoms with Gasteiger partial charge in [-0.2, -0.15) is 5.10 Å². The average Bonchev–Trinajstić information content (AvgIpc) is 2.82. The van der Waals surface area contributed by atoms with Crippen LogP contribution < -0.4 is 0 Å². The number of hydrogen-bond donors (Lipinski definition) is 2. The van der Waals surface area contributed by atoms with Crippen LogP contribution in [0.25, 0.3) is 10.9 Å². The molecule has 1 aromatic carbocycles. The van der Waals surface area contributed by atoms with Crippen molar-refractivity contribution in [1.29, 1.82) is 0 Å². The molecule has 1 amide bonds. The van der Waals surface area contributed by atoms with E-state index in [1.54, 1.807) is 13.0 Å². The number of carbonyl (C=O) groups excluding carboxylic acids is 1. The molecular formula is C13H15N3O3. The van der Waals surface area contributed by atoms with Gasteiger partial charge in [0.25, 0.3) is 5.91 Å². The topological polar surface area (TPSA) is 86.3 Å². The van der Waals surface area contributed by atoms with Crippen LogP contribution in [0.3, 0.4) is 0 Å². The van der Waals surface area contributed by atoms with E-state index in [2.05, 4.69) is 10.2 Å². The maximum Gasteiger partial charge on any atom is 0.326 e. The molecule has 19 heavy (non-hydrogen) atoms. The number of fused-ring (bicyclic) bond motifs is 1. The molecule has 6 heteroatoms. The molecule has 2 aromatic rings. The number of benzene rings is 1. The lowest BCUT2D eigenvalue weighted by molar-refractivity contribution is -0.142. The molecule has 1 unspecified atom stereocenters. The van der Waals surface area contributed by atoms with E-state index in [1.165, 1.54) is 11.9 Å². The van der Waals surface area contributed by atoms with Crippen molar-refractivity contribution >= 4 is 22.8 Å². The Morgan fingerprint density at radius 1 is 1.42 bits per heavy atom. The molecule has 0 aliphatic heterocycles. The van der Waals surface area contributed by atoms with E-state index in [4.69, 9.17) is 5.11 Å². The number of carbonyl (C=O) groups is 2. The summed E-state index contributed by atoms with van der Waals surface area (Å²) in [5, 5.41) is 16.5. The first-order chi connectivity index (χ1) is 9.06. The van der Waals surface area contributed by atoms with Crippen LogP contribution in [-0.4, -0.2) is 45.2 Å². The summed E-state index contributed by atoms with van der Waals surface area (Å²) in [6, 6.07) is 6.39. The monoisotopic (exact) mass is 261 g/mol. The standard InChI is InChI=1S/C13H15N3O3/c1-3-10(13(18)19)16(2)12(17)11-8-6-4-5-7-9(8)14-15-11/h4-7,10H,3H2,1-2H3,(H,14,15)(H,18,19). The van der Waals surface area contributed by atoms with Crippen LogP contribution in [0.1, 0.15) is 23.8 Å². The number of likely N-dealkylation sites (N-methyl/N-ethyl adjacent to an activating group) is 1. The second-order valence-corrected chi connectivity index (χ2v) is 4.30. The second kappa shape index (κ2) is 5.09. The Hall–Kier alpha value is -2.37. The van der Waals surface area contributed by atoms with Gasteiger partial charge >= 0.3 is 5.97 Å². The summed E-state index contributed by atoms with van der Waals surface area (Å²) in [7, 11) is 1.48. The maximum absolute atomic E-state index is 12.3. The fraction of sp³-hybridized carbons (Fsp3) is 0.308. The number of para-hydroxylation sites is 1. The summed E-state index contributed by atoms with van der Waals surface area (Å²) in [4.78, 5) is 24.6. The zero-order chi connectivity index (χ0) is 14.0. The maximum atomic E-state index is 12.3. The Kier molecular flexibility index (Phi) is 3.50. The summed E-state index contributed by atoms with van der Waals surface area (Å²) >= 11 is 0. The van der Waals surface area contributed by atoms with Gasteiger partial charge in [0.15, 0.2) is 5.69 Å². The van der Waals surface area contributed by atoms with Gasteiger partial charge in [-0.05, 0) is 12.5 Å². The molecule has 0 aliphatic rings. The number of aromatic nitrogens is 2. The minimum Gasteiger partial charge on any atom is -0.480 e. The molecule has 0 radical (unpaired) electrons. The first kappa shape index (κ1) is 13.1. The van der Waals surface area contributed by atoms with Crippen LogP contribution in [0.4, 0.5) is 0 Å². The fourth-order valence-corrected chi connectivity index (χ4v) is 2.05. The van der Waals surface area contributed by atoms with E-state index in [9.17, 15) is 9.59 Å². The van der Waals surface area contributed by atoms with Crippen molar-refractivity contribution in [3.05, 3.63) is 30.0 Å². The van der Waals surface area contributed by atoms with Crippen LogP contribution in [-0.2, 0) is 4.79 Å². The van der Waals surface area contributed by atoms with Crippen LogP contribution in [0.15, 0.2) is 24.3 Å². The number of nitrogens with zero attached hydrogens (tertiary/aromatic N) is 2. The normalized spacial score (nSPS) is 12.3. The molecule has 0 aliphatic carbocycles. The van der Waals surface area contributed by atoms with Gasteiger partial charge in [0.1, 0.15) is 6.04 Å². The Morgan fingerprint density at radius 2 is 2.11 bits per heavy atom. The largest absolute Gasteiger partial charge is 0.480 e. The van der Waals surface area contributed by atoms with E-state index < -0.39 is 17.9 Å². The SMILES string of the molecule is CCC(C(=O)O)N(C)C(=O)c1n[nH]c2ccccc12. The summed E-state index contributed by atoms with van der Waals surface area (Å²) in [6.45, 7) is 1.73. The summed E-state index contributed by atoms with van der Waals surface area (Å²) in [5.41, 5.74) is 1.00. The third-order valence-electron chi connectivity index (χ3n) is 3.13. The van der Waals surface area contributed by atoms with Crippen molar-refractivity contribution in [2.75, 3.05) is 7.05 Å². The van der Waals surface area contributed by atoms with Gasteiger partial charge in [0, 0.05) is 12.4 Å². The van der Waals surface area contributed by atoms with Crippen LogP contribution in [0, 0.1) is 0 Å². The third-order valence-corrected chi connectivity index (χ3v) is 3.13. The highest BCUT2D eigenvalue weighted by Crippen LogP contribution is 2.17. The van der Waals surface area contributed by atoms with Gasteiger partial charge in [0.05, 0.1) is 5.52 Å². The minimum absolute atomic E-state index is 0.248. The van der Waals surface area contributed by atoms with E-state index >= 15 is 0 Å². The minimum atomic E-state index is -1.02. The van der Waals surface area contributed by atoms with Crippen molar-refractivity contribution in [2.45, 2.75) is 19.4 Å². The van der Waals surface area contributed by atoms with Crippen molar-refractivity contribution in [2.24, 2.45) is 0 Å². The number of hydrogen-bond acceptors (Lipinski definition) is 3. The Morgan fingerprint density at radius 3 is 2.74 bits per heavy atom. The van der Waals surface area contributed by atoms with Gasteiger partial charge in [-0.3, -0.25) is 9.89 Å². The molecule has 0 spiro atoms. The molecule has 6 nitrogen and oxygen atoms in total. The van der Waals surface area contributed by atoms with E-state index in [1.807, 2.05) is 18.2 Å². The molecule has 1 heterocycles. The van der Waals surface area contributed by atoms with Gasteiger partial charge in [-0.1, -0.05) is 25.1 Å².